The number of ether oxygens (including phenoxy) is 4. The summed E-state index contributed by atoms with van der Waals surface area (Å²) in [7, 11) is 0. The smallest absolute Gasteiger partial charge is 0.197 e. The van der Waals surface area contributed by atoms with Crippen LogP contribution in [0.2, 0.25) is 0 Å². The lowest BCUT2D eigenvalue weighted by Crippen LogP contribution is -2.74. The summed E-state index contributed by atoms with van der Waals surface area (Å²) in [6, 6.07) is 0. The number of Topliss-reactive ketones (excluding diaryl/α,β-unsaturated/α-hetero) is 4. The first-order valence-corrected chi connectivity index (χ1v) is 13.7. The Morgan fingerprint density at radius 3 is 2.02 bits per heavy atom. The highest BCUT2D eigenvalue weighted by Gasteiger charge is 2.86. The summed E-state index contributed by atoms with van der Waals surface area (Å²) < 4.78 is 23.8. The van der Waals surface area contributed by atoms with Crippen LogP contribution in [0.15, 0.2) is 46.3 Å². The molecule has 0 aromatic heterocycles. The number of aliphatic hydroxyl groups is 2. The van der Waals surface area contributed by atoms with Gasteiger partial charge in [-0.2, -0.15) is 0 Å². The molecule has 5 aliphatic heterocycles. The van der Waals surface area contributed by atoms with Crippen LogP contribution < -0.4 is 0 Å². The van der Waals surface area contributed by atoms with Crippen LogP contribution in [-0.4, -0.2) is 87.3 Å². The summed E-state index contributed by atoms with van der Waals surface area (Å²) >= 11 is 0. The normalized spacial score (nSPS) is 47.0. The summed E-state index contributed by atoms with van der Waals surface area (Å²) in [6.07, 6.45) is -3.47. The average molecular weight is 553 g/mol. The van der Waals surface area contributed by atoms with E-state index >= 15 is 0 Å². The standard InChI is InChI=1S/C30H32O10/c1-10(2)7-15(31)29-23(35)18-17-12(5)38-24(19(18)22(34)26(29)39-29)28-14(9-37-13(6)20(17)28)21(33)25-30(40-25,27(28)36)16(32)8-11(3)4/h7-9,12-13,15-17,20,24-26,31-32H,1-6H3/t12-,13-,15+,16+,17+,20+,24-,25+,26+,28-,29-,30+/m1/s1. The molecular weight excluding hydrogens is 520 g/mol. The summed E-state index contributed by atoms with van der Waals surface area (Å²) in [5.41, 5.74) is -3.55. The molecule has 2 bridgehead atoms. The number of rotatable bonds is 4. The molecule has 0 aromatic rings. The highest BCUT2D eigenvalue weighted by Crippen LogP contribution is 2.70. The highest BCUT2D eigenvalue weighted by molar-refractivity contribution is 6.26. The van der Waals surface area contributed by atoms with Gasteiger partial charge in [-0.15, -0.1) is 0 Å². The van der Waals surface area contributed by atoms with Gasteiger partial charge in [0, 0.05) is 28.6 Å². The minimum Gasteiger partial charge on any atom is -0.498 e. The van der Waals surface area contributed by atoms with Crippen molar-refractivity contribution in [2.45, 2.75) is 95.5 Å². The number of fused-ring (bicyclic) bond motifs is 3. The fourth-order valence-electron chi connectivity index (χ4n) is 8.30. The fraction of sp³-hybridized carbons (Fsp3) is 0.600. The Morgan fingerprint density at radius 1 is 0.825 bits per heavy atom. The van der Waals surface area contributed by atoms with Crippen molar-refractivity contribution in [3.05, 3.63) is 46.3 Å². The molecule has 8 aliphatic rings. The molecule has 4 fully saturated rings. The average Bonchev–Trinajstić information content (AvgIpc) is 3.78. The van der Waals surface area contributed by atoms with Crippen LogP contribution in [0.4, 0.5) is 0 Å². The Hall–Kier alpha value is -2.76. The van der Waals surface area contributed by atoms with Gasteiger partial charge in [-0.3, -0.25) is 19.2 Å². The van der Waals surface area contributed by atoms with Crippen molar-refractivity contribution >= 4 is 23.1 Å². The van der Waals surface area contributed by atoms with E-state index < -0.39 is 94.3 Å². The number of carbonyl (C=O) groups excluding carboxylic acids is 4. The topological polar surface area (TPSA) is 152 Å². The van der Waals surface area contributed by atoms with E-state index in [4.69, 9.17) is 18.9 Å². The third-order valence-corrected chi connectivity index (χ3v) is 9.91. The Labute approximate surface area is 230 Å². The first-order valence-electron chi connectivity index (χ1n) is 13.7. The van der Waals surface area contributed by atoms with Crippen molar-refractivity contribution < 1.29 is 48.3 Å². The third-order valence-electron chi connectivity index (χ3n) is 9.91. The summed E-state index contributed by atoms with van der Waals surface area (Å²) in [5, 5.41) is 22.2. The second-order valence-corrected chi connectivity index (χ2v) is 12.7. The lowest BCUT2D eigenvalue weighted by Gasteiger charge is -2.62. The summed E-state index contributed by atoms with van der Waals surface area (Å²) in [6.45, 7) is 10.6. The van der Waals surface area contributed by atoms with Crippen molar-refractivity contribution in [1.29, 1.82) is 0 Å². The number of hydrogen-bond donors (Lipinski definition) is 2. The molecule has 10 nitrogen and oxygen atoms in total. The van der Waals surface area contributed by atoms with Gasteiger partial charge < -0.3 is 29.2 Å². The molecule has 8 rings (SSSR count). The fourth-order valence-corrected chi connectivity index (χ4v) is 8.30. The zero-order valence-electron chi connectivity index (χ0n) is 23.1. The van der Waals surface area contributed by atoms with Gasteiger partial charge >= 0.3 is 0 Å². The van der Waals surface area contributed by atoms with Crippen molar-refractivity contribution in [2.24, 2.45) is 17.3 Å². The molecule has 0 unspecified atom stereocenters. The Morgan fingerprint density at radius 2 is 1.40 bits per heavy atom. The Kier molecular flexibility index (Phi) is 5.06. The van der Waals surface area contributed by atoms with E-state index in [2.05, 4.69) is 0 Å². The molecule has 0 amide bonds. The van der Waals surface area contributed by atoms with Crippen LogP contribution >= 0.6 is 0 Å². The monoisotopic (exact) mass is 552 g/mol. The van der Waals surface area contributed by atoms with Crippen molar-refractivity contribution in [3.63, 3.8) is 0 Å². The molecule has 0 radical (unpaired) electrons. The zero-order chi connectivity index (χ0) is 28.8. The maximum absolute atomic E-state index is 14.8. The largest absolute Gasteiger partial charge is 0.498 e. The molecule has 3 aliphatic carbocycles. The SMILES string of the molecule is CC(C)=C[C@H](O)[C@]12O[C@H]1C(=O)C1=C(C2=O)[C@H]2[C@@H]3[C@@H](C)OC=C4C(=O)[C@@H]5O[C@]5([C@@H](O)C=C(C)C)C(=O)[C@]43[C@@H]1O[C@@H]2C. The predicted molar refractivity (Wildman–Crippen MR) is 136 cm³/mol. The maximum Gasteiger partial charge on any atom is 0.197 e. The lowest BCUT2D eigenvalue weighted by molar-refractivity contribution is -0.207. The number of carbonyl (C=O) groups is 4. The molecule has 12 atom stereocenters. The minimum absolute atomic E-state index is 0.0129. The third kappa shape index (κ3) is 2.68. The van der Waals surface area contributed by atoms with E-state index in [1.165, 1.54) is 18.4 Å². The molecule has 0 aromatic carbocycles. The van der Waals surface area contributed by atoms with Crippen LogP contribution in [0.3, 0.4) is 0 Å². The van der Waals surface area contributed by atoms with Crippen LogP contribution in [0.5, 0.6) is 0 Å². The lowest BCUT2D eigenvalue weighted by atomic mass is 9.44. The number of allylic oxidation sites excluding steroid dienone is 2. The number of aliphatic hydroxyl groups excluding tert-OH is 2. The van der Waals surface area contributed by atoms with Crippen molar-refractivity contribution in [1.82, 2.24) is 0 Å². The van der Waals surface area contributed by atoms with Gasteiger partial charge in [0.25, 0.3) is 0 Å². The van der Waals surface area contributed by atoms with Gasteiger partial charge in [-0.25, -0.2) is 0 Å². The van der Waals surface area contributed by atoms with Crippen LogP contribution in [-0.2, 0) is 38.1 Å². The molecular formula is C30H32O10. The van der Waals surface area contributed by atoms with Crippen LogP contribution in [0.25, 0.3) is 0 Å². The van der Waals surface area contributed by atoms with Crippen LogP contribution in [0, 0.1) is 17.3 Å². The second kappa shape index (κ2) is 7.74. The highest BCUT2D eigenvalue weighted by atomic mass is 16.6. The molecule has 2 N–H and O–H groups in total. The van der Waals surface area contributed by atoms with E-state index in [0.717, 1.165) is 11.1 Å². The number of ketones is 4. The minimum atomic E-state index is -1.83. The van der Waals surface area contributed by atoms with E-state index in [9.17, 15) is 29.4 Å². The first-order chi connectivity index (χ1) is 18.8. The van der Waals surface area contributed by atoms with Gasteiger partial charge in [-0.1, -0.05) is 23.3 Å². The summed E-state index contributed by atoms with van der Waals surface area (Å²) in [4.78, 5) is 56.9. The molecule has 1 spiro atoms. The van der Waals surface area contributed by atoms with Crippen molar-refractivity contribution in [2.75, 3.05) is 0 Å². The van der Waals surface area contributed by atoms with E-state index in [1.54, 1.807) is 41.5 Å². The zero-order valence-corrected chi connectivity index (χ0v) is 23.1. The molecule has 5 heterocycles. The molecule has 10 heteroatoms. The van der Waals surface area contributed by atoms with Gasteiger partial charge in [0.1, 0.15) is 23.7 Å². The molecule has 1 saturated carbocycles. The number of hydrogen-bond acceptors (Lipinski definition) is 10. The second-order valence-electron chi connectivity index (χ2n) is 12.7. The molecule has 212 valence electrons. The van der Waals surface area contributed by atoms with Crippen LogP contribution in [0.1, 0.15) is 41.5 Å². The maximum atomic E-state index is 14.8. The number of epoxide rings is 2. The quantitative estimate of drug-likeness (QED) is 0.379. The van der Waals surface area contributed by atoms with Gasteiger partial charge in [0.05, 0.1) is 18.5 Å². The first kappa shape index (κ1) is 26.2. The van der Waals surface area contributed by atoms with Gasteiger partial charge in [0.15, 0.2) is 46.5 Å². The van der Waals surface area contributed by atoms with E-state index in [0.29, 0.717) is 0 Å². The van der Waals surface area contributed by atoms with Crippen molar-refractivity contribution in [3.8, 4) is 0 Å². The van der Waals surface area contributed by atoms with E-state index in [-0.39, 0.29) is 16.7 Å². The molecule has 3 saturated heterocycles. The van der Waals surface area contributed by atoms with Gasteiger partial charge in [0.2, 0.25) is 0 Å². The Bertz CT molecular complexity index is 1440. The molecule has 40 heavy (non-hydrogen) atoms. The Balaban J connectivity index is 1.45. The van der Waals surface area contributed by atoms with Gasteiger partial charge in [-0.05, 0) is 41.5 Å². The predicted octanol–water partition coefficient (Wildman–Crippen LogP) is 0.838. The summed E-state index contributed by atoms with van der Waals surface area (Å²) in [5.74, 6) is -3.69. The van der Waals surface area contributed by atoms with E-state index in [1.807, 2.05) is 0 Å².